The van der Waals surface area contributed by atoms with E-state index in [1.54, 1.807) is 0 Å². The van der Waals surface area contributed by atoms with Crippen molar-refractivity contribution in [3.63, 3.8) is 0 Å². The van der Waals surface area contributed by atoms with Gasteiger partial charge in [0.15, 0.2) is 0 Å². The summed E-state index contributed by atoms with van der Waals surface area (Å²) in [7, 11) is -0.981. The molecular formula is C15H27OSi. The van der Waals surface area contributed by atoms with Crippen LogP contribution in [0.3, 0.4) is 0 Å². The highest BCUT2D eigenvalue weighted by Gasteiger charge is 2.17. The van der Waals surface area contributed by atoms with Gasteiger partial charge in [-0.15, -0.1) is 6.58 Å². The number of hydrogen-bond donors (Lipinski definition) is 0. The van der Waals surface area contributed by atoms with E-state index in [0.29, 0.717) is 5.92 Å². The van der Waals surface area contributed by atoms with Gasteiger partial charge < -0.3 is 4.43 Å². The van der Waals surface area contributed by atoms with E-state index in [1.807, 2.05) is 6.08 Å². The predicted octanol–water partition coefficient (Wildman–Crippen LogP) is 4.61. The lowest BCUT2D eigenvalue weighted by atomic mass is 10.1. The van der Waals surface area contributed by atoms with Crippen LogP contribution in [0.5, 0.6) is 0 Å². The molecule has 0 N–H and O–H groups in total. The minimum atomic E-state index is -0.981. The molecule has 0 bridgehead atoms. The highest BCUT2D eigenvalue weighted by molar-refractivity contribution is 6.63. The van der Waals surface area contributed by atoms with Crippen LogP contribution in [0.1, 0.15) is 48.0 Å². The second-order valence-corrected chi connectivity index (χ2v) is 6.89. The summed E-state index contributed by atoms with van der Waals surface area (Å²) in [5.41, 5.74) is 7.21. The van der Waals surface area contributed by atoms with E-state index < -0.39 is 9.04 Å². The number of allylic oxidation sites excluding steroid dienone is 2. The largest absolute Gasteiger partial charge is 0.405 e. The molecule has 0 spiro atoms. The zero-order chi connectivity index (χ0) is 13.4. The average Bonchev–Trinajstić information content (AvgIpc) is 2.14. The summed E-state index contributed by atoms with van der Waals surface area (Å²) in [5, 5.41) is 0. The van der Waals surface area contributed by atoms with Gasteiger partial charge in [0.1, 0.15) is 0 Å². The van der Waals surface area contributed by atoms with E-state index in [0.717, 1.165) is 6.42 Å². The predicted molar refractivity (Wildman–Crippen MR) is 79.1 cm³/mol. The van der Waals surface area contributed by atoms with Crippen molar-refractivity contribution >= 4 is 9.04 Å². The molecule has 0 heterocycles. The normalized spacial score (nSPS) is 12.5. The molecule has 1 atom stereocenters. The molecule has 0 fully saturated rings. The van der Waals surface area contributed by atoms with Gasteiger partial charge in [0, 0.05) is 0 Å². The first-order chi connectivity index (χ1) is 7.86. The highest BCUT2D eigenvalue weighted by Crippen LogP contribution is 2.14. The van der Waals surface area contributed by atoms with Gasteiger partial charge >= 0.3 is 0 Å². The lowest BCUT2D eigenvalue weighted by Crippen LogP contribution is -2.27. The van der Waals surface area contributed by atoms with Crippen molar-refractivity contribution in [2.45, 2.75) is 54.1 Å². The molecule has 0 amide bonds. The molecule has 0 unspecified atom stereocenters. The van der Waals surface area contributed by atoms with Crippen LogP contribution in [0, 0.1) is 5.92 Å². The maximum Gasteiger partial charge on any atom is 0.267 e. The zero-order valence-corrected chi connectivity index (χ0v) is 13.2. The Morgan fingerprint density at radius 1 is 1.12 bits per heavy atom. The van der Waals surface area contributed by atoms with E-state index in [4.69, 9.17) is 4.43 Å². The monoisotopic (exact) mass is 251 g/mol. The summed E-state index contributed by atoms with van der Waals surface area (Å²) in [6.45, 7) is 16.7. The van der Waals surface area contributed by atoms with Crippen LogP contribution in [-0.2, 0) is 4.43 Å². The third-order valence-corrected chi connectivity index (χ3v) is 4.59. The molecule has 17 heavy (non-hydrogen) atoms. The first-order valence-electron chi connectivity index (χ1n) is 6.31. The van der Waals surface area contributed by atoms with E-state index in [9.17, 15) is 0 Å². The molecule has 0 aromatic carbocycles. The molecule has 97 valence electrons. The third-order valence-electron chi connectivity index (χ3n) is 2.29. The Morgan fingerprint density at radius 2 is 1.59 bits per heavy atom. The van der Waals surface area contributed by atoms with Crippen molar-refractivity contribution in [1.29, 1.82) is 0 Å². The Balaban J connectivity index is 4.76. The molecule has 0 aliphatic carbocycles. The molecular weight excluding hydrogens is 224 g/mol. The second-order valence-electron chi connectivity index (χ2n) is 5.27. The Labute approximate surface area is 109 Å². The van der Waals surface area contributed by atoms with Crippen LogP contribution in [0.2, 0.25) is 0 Å². The molecule has 0 aromatic rings. The molecule has 1 radical (unpaired) electrons. The van der Waals surface area contributed by atoms with Crippen molar-refractivity contribution < 1.29 is 4.43 Å². The number of hydrogen-bond acceptors (Lipinski definition) is 1. The summed E-state index contributed by atoms with van der Waals surface area (Å²) in [4.78, 5) is 0. The summed E-state index contributed by atoms with van der Waals surface area (Å²) in [6.07, 6.45) is 3.17. The lowest BCUT2D eigenvalue weighted by Gasteiger charge is -2.23. The maximum absolute atomic E-state index is 6.25. The smallest absolute Gasteiger partial charge is 0.267 e. The van der Waals surface area contributed by atoms with E-state index in [-0.39, 0.29) is 6.10 Å². The average molecular weight is 251 g/mol. The van der Waals surface area contributed by atoms with Crippen LogP contribution in [0.4, 0.5) is 0 Å². The molecule has 0 aliphatic rings. The van der Waals surface area contributed by atoms with Crippen molar-refractivity contribution in [2.75, 3.05) is 0 Å². The minimum absolute atomic E-state index is 0.285. The Morgan fingerprint density at radius 3 is 1.88 bits per heavy atom. The summed E-state index contributed by atoms with van der Waals surface area (Å²) in [6, 6.07) is 0. The van der Waals surface area contributed by atoms with Crippen LogP contribution in [0.15, 0.2) is 35.2 Å². The summed E-state index contributed by atoms with van der Waals surface area (Å²) < 4.78 is 6.25. The van der Waals surface area contributed by atoms with Crippen LogP contribution < -0.4 is 0 Å². The van der Waals surface area contributed by atoms with Gasteiger partial charge in [-0.1, -0.05) is 42.5 Å². The molecule has 2 heteroatoms. The standard InChI is InChI=1S/C15H27OSi/c1-8-9-15(14(6)7)16-17(10-12(2)3)11-13(4)5/h8,10-11,14-15H,1,9H2,2-7H3/t15-/m0/s1. The van der Waals surface area contributed by atoms with Gasteiger partial charge in [0.25, 0.3) is 9.04 Å². The Bertz CT molecular complexity index is 263. The molecule has 0 rings (SSSR count). The fourth-order valence-corrected chi connectivity index (χ4v) is 3.55. The summed E-state index contributed by atoms with van der Waals surface area (Å²) >= 11 is 0. The zero-order valence-electron chi connectivity index (χ0n) is 12.2. The van der Waals surface area contributed by atoms with E-state index >= 15 is 0 Å². The fraction of sp³-hybridized carbons (Fsp3) is 0.600. The van der Waals surface area contributed by atoms with Crippen molar-refractivity contribution in [2.24, 2.45) is 5.92 Å². The molecule has 0 saturated heterocycles. The topological polar surface area (TPSA) is 9.23 Å². The molecule has 1 nitrogen and oxygen atoms in total. The second kappa shape index (κ2) is 8.48. The van der Waals surface area contributed by atoms with Gasteiger partial charge in [-0.3, -0.25) is 0 Å². The fourth-order valence-electron chi connectivity index (χ4n) is 1.47. The Kier molecular flexibility index (Phi) is 8.18. The van der Waals surface area contributed by atoms with Gasteiger partial charge in [-0.2, -0.15) is 0 Å². The first-order valence-corrected chi connectivity index (χ1v) is 7.87. The first kappa shape index (κ1) is 16.4. The highest BCUT2D eigenvalue weighted by atomic mass is 28.3. The molecule has 0 saturated carbocycles. The lowest BCUT2D eigenvalue weighted by molar-refractivity contribution is 0.159. The third kappa shape index (κ3) is 8.16. The van der Waals surface area contributed by atoms with Gasteiger partial charge in [0.2, 0.25) is 0 Å². The molecule has 0 aromatic heterocycles. The van der Waals surface area contributed by atoms with Crippen molar-refractivity contribution in [3.05, 3.63) is 35.2 Å². The van der Waals surface area contributed by atoms with Crippen LogP contribution in [-0.4, -0.2) is 15.1 Å². The van der Waals surface area contributed by atoms with Gasteiger partial charge in [-0.25, -0.2) is 0 Å². The molecule has 0 aliphatic heterocycles. The van der Waals surface area contributed by atoms with Gasteiger partial charge in [0.05, 0.1) is 6.10 Å². The SMILES string of the molecule is C=CC[C@H](O[Si](C=C(C)C)C=C(C)C)C(C)C. The Hall–Kier alpha value is -0.603. The number of rotatable bonds is 7. The van der Waals surface area contributed by atoms with Crippen molar-refractivity contribution in [3.8, 4) is 0 Å². The van der Waals surface area contributed by atoms with Crippen molar-refractivity contribution in [1.82, 2.24) is 0 Å². The van der Waals surface area contributed by atoms with E-state index in [1.165, 1.54) is 11.1 Å². The van der Waals surface area contributed by atoms with Crippen LogP contribution >= 0.6 is 0 Å². The van der Waals surface area contributed by atoms with Crippen LogP contribution in [0.25, 0.3) is 0 Å². The minimum Gasteiger partial charge on any atom is -0.405 e. The summed E-state index contributed by atoms with van der Waals surface area (Å²) in [5.74, 6) is 0.532. The van der Waals surface area contributed by atoms with Gasteiger partial charge in [-0.05, 0) is 40.0 Å². The van der Waals surface area contributed by atoms with E-state index in [2.05, 4.69) is 59.5 Å². The quantitative estimate of drug-likeness (QED) is 0.474. The maximum atomic E-state index is 6.25.